The van der Waals surface area contributed by atoms with Crippen molar-refractivity contribution in [2.75, 3.05) is 0 Å². The molecule has 0 saturated carbocycles. The average Bonchev–Trinajstić information content (AvgIpc) is 4.17. The number of ketones is 1. The first kappa shape index (κ1) is 49.4. The molecule has 6 heteroatoms. The van der Waals surface area contributed by atoms with Gasteiger partial charge in [-0.1, -0.05) is 223 Å². The van der Waals surface area contributed by atoms with E-state index < -0.39 is 0 Å². The monoisotopic (exact) mass is 996 g/mol. The number of hydrogen-bond donors (Lipinski definition) is 0. The molecule has 5 nitrogen and oxygen atoms in total. The largest absolute Gasteiger partial charge is 2.00 e. The number of benzene rings is 6. The first-order chi connectivity index (χ1) is 34.1. The second kappa shape index (κ2) is 17.8. The van der Waals surface area contributed by atoms with Crippen molar-refractivity contribution in [3.63, 3.8) is 0 Å². The van der Waals surface area contributed by atoms with Gasteiger partial charge in [-0.15, -0.1) is 22.1 Å². The third kappa shape index (κ3) is 8.78. The number of aromatic nitrogens is 4. The van der Waals surface area contributed by atoms with Crippen LogP contribution in [0.15, 0.2) is 146 Å². The molecule has 0 amide bonds. The zero-order valence-corrected chi connectivity index (χ0v) is 45.0. The van der Waals surface area contributed by atoms with Gasteiger partial charge in [0.15, 0.2) is 0 Å². The van der Waals surface area contributed by atoms with Gasteiger partial charge in [-0.3, -0.25) is 4.79 Å². The molecule has 0 fully saturated rings. The van der Waals surface area contributed by atoms with Crippen LogP contribution in [-0.4, -0.2) is 15.8 Å². The summed E-state index contributed by atoms with van der Waals surface area (Å²) in [6.45, 7) is 26.8. The summed E-state index contributed by atoms with van der Waals surface area (Å²) in [6.07, 6.45) is 4.24. The Hall–Kier alpha value is -7.14. The van der Waals surface area contributed by atoms with Crippen molar-refractivity contribution in [3.05, 3.63) is 190 Å². The van der Waals surface area contributed by atoms with Gasteiger partial charge >= 0.3 is 16.5 Å². The van der Waals surface area contributed by atoms with E-state index >= 15 is 4.79 Å². The fraction of sp³-hybridized carbons (Fsp3) is 0.239. The van der Waals surface area contributed by atoms with E-state index in [4.69, 9.17) is 19.9 Å². The number of carbonyl (C=O) groups excluding carboxylic acids is 1. The Morgan fingerprint density at radius 1 is 0.370 bits per heavy atom. The van der Waals surface area contributed by atoms with Gasteiger partial charge in [0.2, 0.25) is 5.78 Å². The molecule has 6 aromatic carbocycles. The summed E-state index contributed by atoms with van der Waals surface area (Å²) in [5.41, 5.74) is 17.9. The maximum atomic E-state index is 16.1. The van der Waals surface area contributed by atoms with Crippen molar-refractivity contribution in [2.45, 2.75) is 105 Å². The zero-order valence-electron chi connectivity index (χ0n) is 44.0. The first-order valence-electron chi connectivity index (χ1n) is 25.3. The molecule has 0 radical (unpaired) electrons. The van der Waals surface area contributed by atoms with Gasteiger partial charge < -0.3 is 9.97 Å². The van der Waals surface area contributed by atoms with Gasteiger partial charge in [-0.2, -0.15) is 0 Å². The fourth-order valence-corrected chi connectivity index (χ4v) is 10.5. The number of hydrogen-bond acceptors (Lipinski definition) is 3. The third-order valence-electron chi connectivity index (χ3n) is 14.7. The molecule has 8 bridgehead atoms. The Morgan fingerprint density at radius 3 is 1.23 bits per heavy atom. The normalized spacial score (nSPS) is 13.1. The van der Waals surface area contributed by atoms with Crippen LogP contribution < -0.4 is 9.97 Å². The van der Waals surface area contributed by atoms with Crippen LogP contribution in [0.1, 0.15) is 133 Å². The Morgan fingerprint density at radius 2 is 0.767 bits per heavy atom. The fourth-order valence-electron chi connectivity index (χ4n) is 10.5. The number of fused-ring (bicyclic) bond motifs is 10. The maximum Gasteiger partial charge on any atom is 2.00 e. The Kier molecular flexibility index (Phi) is 12.1. The van der Waals surface area contributed by atoms with Crippen molar-refractivity contribution in [3.8, 4) is 44.5 Å². The van der Waals surface area contributed by atoms with Crippen LogP contribution in [0.3, 0.4) is 0 Å². The molecule has 0 unspecified atom stereocenters. The van der Waals surface area contributed by atoms with Gasteiger partial charge in [0.25, 0.3) is 0 Å². The smallest absolute Gasteiger partial charge is 0.657 e. The molecule has 366 valence electrons. The van der Waals surface area contributed by atoms with Gasteiger partial charge in [0, 0.05) is 5.56 Å². The maximum absolute atomic E-state index is 16.1. The van der Waals surface area contributed by atoms with Crippen LogP contribution in [0.2, 0.25) is 0 Å². The van der Waals surface area contributed by atoms with Gasteiger partial charge in [0.1, 0.15) is 5.69 Å². The predicted molar refractivity (Wildman–Crippen MR) is 303 cm³/mol. The zero-order chi connectivity index (χ0) is 50.6. The molecule has 11 rings (SSSR count). The van der Waals surface area contributed by atoms with E-state index in [1.54, 1.807) is 0 Å². The molecule has 0 spiro atoms. The summed E-state index contributed by atoms with van der Waals surface area (Å²) >= 11 is 0. The molecule has 0 saturated heterocycles. The van der Waals surface area contributed by atoms with Crippen LogP contribution in [0.25, 0.3) is 100 Å². The predicted octanol–water partition coefficient (Wildman–Crippen LogP) is 17.1. The molecule has 3 aromatic heterocycles. The van der Waals surface area contributed by atoms with Crippen molar-refractivity contribution in [1.29, 1.82) is 0 Å². The summed E-state index contributed by atoms with van der Waals surface area (Å²) in [5.74, 6) is -0.140. The second-order valence-electron chi connectivity index (χ2n) is 23.9. The number of nitrogens with zero attached hydrogens (tertiary/aromatic N) is 4. The van der Waals surface area contributed by atoms with E-state index in [0.717, 1.165) is 83.0 Å². The van der Waals surface area contributed by atoms with E-state index in [1.807, 2.05) is 18.2 Å². The third-order valence-corrected chi connectivity index (χ3v) is 14.7. The Bertz CT molecular complexity index is 3860. The number of carbonyl (C=O) groups is 1. The summed E-state index contributed by atoms with van der Waals surface area (Å²) in [5, 5.41) is 2.80. The number of rotatable bonds is 4. The van der Waals surface area contributed by atoms with Crippen LogP contribution in [0.5, 0.6) is 0 Å². The van der Waals surface area contributed by atoms with Crippen molar-refractivity contribution < 1.29 is 21.3 Å². The van der Waals surface area contributed by atoms with Crippen molar-refractivity contribution in [2.24, 2.45) is 0 Å². The standard InChI is InChI=1S/C67H63N4O.Ni/c1-64(2,3)43-24-18-40(19-25-43)56-49-32-33-50(68-49)57(41-20-26-44(27-21-41)65(4,5)6)52-35-37-54(70-52)59-47-31-30-46(67(10,11)12)38-48(47)55(39-16-14-13-15-17-39)60-61(59)71-62(63(60)72)58(53-36-34-51(56)69-53)42-22-28-45(29-23-42)66(7,8)9;/h13-38H,1-12H3,(H-,68,69,70,71,72);/q-1;+2/p-1. The molecule has 2 aliphatic rings. The van der Waals surface area contributed by atoms with Gasteiger partial charge in [0.05, 0.1) is 22.5 Å². The van der Waals surface area contributed by atoms with Crippen LogP contribution in [0.4, 0.5) is 0 Å². The van der Waals surface area contributed by atoms with E-state index in [9.17, 15) is 0 Å². The van der Waals surface area contributed by atoms with Crippen LogP contribution in [-0.2, 0) is 38.2 Å². The molecule has 2 aliphatic heterocycles. The van der Waals surface area contributed by atoms with E-state index in [-0.39, 0.29) is 43.9 Å². The molecule has 0 atom stereocenters. The Balaban J connectivity index is 0.00000611. The summed E-state index contributed by atoms with van der Waals surface area (Å²) < 4.78 is 0. The molecule has 0 N–H and O–H groups in total. The molecular formula is C67H62N4NiO. The van der Waals surface area contributed by atoms with E-state index in [0.29, 0.717) is 27.9 Å². The minimum absolute atomic E-state index is 0. The van der Waals surface area contributed by atoms with Crippen molar-refractivity contribution in [1.82, 2.24) is 19.9 Å². The Labute approximate surface area is 440 Å². The van der Waals surface area contributed by atoms with E-state index in [2.05, 4.69) is 223 Å². The van der Waals surface area contributed by atoms with Crippen LogP contribution in [0, 0.1) is 0 Å². The molecule has 5 heterocycles. The van der Waals surface area contributed by atoms with E-state index in [1.165, 1.54) is 22.3 Å². The molecule has 73 heavy (non-hydrogen) atoms. The topological polar surface area (TPSA) is 71.1 Å². The average molecular weight is 998 g/mol. The summed E-state index contributed by atoms with van der Waals surface area (Å²) in [6, 6.07) is 51.7. The molecular weight excluding hydrogens is 935 g/mol. The minimum atomic E-state index is -0.158. The van der Waals surface area contributed by atoms with Crippen molar-refractivity contribution >= 4 is 61.7 Å². The van der Waals surface area contributed by atoms with Crippen LogP contribution >= 0.6 is 0 Å². The minimum Gasteiger partial charge on any atom is -0.657 e. The second-order valence-corrected chi connectivity index (χ2v) is 23.9. The molecule has 0 aliphatic carbocycles. The SMILES string of the molecule is CC(C)(C)c1ccc(-c2c3nc(c(-c4ccc(C(C)(C)C)cc4)c4ccc([n-]4)c4c5nc(c(-c6ccc(C(C)(C)C)cc6)c6ccc2[n-]6)C(=O)c5c(-c2ccccc2)c2cc(C(C)(C)C)ccc24)C=C3)cc1.[Ni+2]. The summed E-state index contributed by atoms with van der Waals surface area (Å²) in [4.78, 5) is 38.4. The first-order valence-corrected chi connectivity index (χ1v) is 25.3. The van der Waals surface area contributed by atoms with Gasteiger partial charge in [-0.05, 0) is 117 Å². The molecule has 9 aromatic rings. The van der Waals surface area contributed by atoms with Gasteiger partial charge in [-0.25, -0.2) is 9.97 Å². The quantitative estimate of drug-likeness (QED) is 0.164. The summed E-state index contributed by atoms with van der Waals surface area (Å²) in [7, 11) is 0.